The number of hydrogen-bond donors (Lipinski definition) is 1. The molecule has 6 heteroatoms. The molecule has 5 nitrogen and oxygen atoms in total. The third kappa shape index (κ3) is 3.43. The van der Waals surface area contributed by atoms with Crippen LogP contribution >= 0.6 is 11.3 Å². The van der Waals surface area contributed by atoms with Crippen LogP contribution in [0.1, 0.15) is 25.0 Å². The van der Waals surface area contributed by atoms with Crippen molar-refractivity contribution < 1.29 is 14.3 Å². The van der Waals surface area contributed by atoms with Gasteiger partial charge in [0.05, 0.1) is 25.3 Å². The van der Waals surface area contributed by atoms with E-state index in [9.17, 15) is 4.79 Å². The quantitative estimate of drug-likeness (QED) is 0.827. The van der Waals surface area contributed by atoms with Gasteiger partial charge >= 0.3 is 5.97 Å². The first-order chi connectivity index (χ1) is 8.71. The lowest BCUT2D eigenvalue weighted by atomic mass is 10.2. The number of nitrogens with zero attached hydrogens (tertiary/aromatic N) is 1. The normalized spacial score (nSPS) is 23.0. The van der Waals surface area contributed by atoms with Crippen molar-refractivity contribution in [2.75, 3.05) is 19.5 Å². The summed E-state index contributed by atoms with van der Waals surface area (Å²) in [7, 11) is 3.14. The lowest BCUT2D eigenvalue weighted by Gasteiger charge is -2.11. The van der Waals surface area contributed by atoms with Crippen LogP contribution in [0.4, 0.5) is 5.13 Å². The minimum atomic E-state index is -0.257. The number of methoxy groups -OCH3 is 2. The average molecular weight is 270 g/mol. The Bertz CT molecular complexity index is 408. The Hall–Kier alpha value is -1.14. The number of carbonyl (C=O) groups excluding carboxylic acids is 1. The maximum atomic E-state index is 11.1. The van der Waals surface area contributed by atoms with Gasteiger partial charge in [0.15, 0.2) is 5.13 Å². The van der Waals surface area contributed by atoms with E-state index in [2.05, 4.69) is 15.0 Å². The molecule has 1 aromatic rings. The van der Waals surface area contributed by atoms with Gasteiger partial charge in [0.2, 0.25) is 0 Å². The van der Waals surface area contributed by atoms with Gasteiger partial charge in [-0.25, -0.2) is 4.98 Å². The Balaban J connectivity index is 1.85. The molecule has 18 heavy (non-hydrogen) atoms. The van der Waals surface area contributed by atoms with Gasteiger partial charge in [-0.15, -0.1) is 11.3 Å². The van der Waals surface area contributed by atoms with Crippen molar-refractivity contribution in [3.8, 4) is 0 Å². The molecule has 2 unspecified atom stereocenters. The topological polar surface area (TPSA) is 60.5 Å². The second-order valence-electron chi connectivity index (χ2n) is 4.41. The summed E-state index contributed by atoms with van der Waals surface area (Å²) in [5, 5.41) is 6.15. The van der Waals surface area contributed by atoms with Gasteiger partial charge < -0.3 is 14.8 Å². The Morgan fingerprint density at radius 3 is 3.06 bits per heavy atom. The van der Waals surface area contributed by atoms with Gasteiger partial charge in [-0.1, -0.05) is 0 Å². The molecule has 0 amide bonds. The van der Waals surface area contributed by atoms with Crippen LogP contribution in [0.5, 0.6) is 0 Å². The lowest BCUT2D eigenvalue weighted by molar-refractivity contribution is -0.139. The Kier molecular flexibility index (Phi) is 4.54. The summed E-state index contributed by atoms with van der Waals surface area (Å²) in [4.78, 5) is 15.5. The molecule has 0 radical (unpaired) electrons. The van der Waals surface area contributed by atoms with Crippen LogP contribution in [-0.2, 0) is 20.7 Å². The smallest absolute Gasteiger partial charge is 0.311 e. The van der Waals surface area contributed by atoms with E-state index in [4.69, 9.17) is 4.74 Å². The number of rotatable bonds is 5. The van der Waals surface area contributed by atoms with Gasteiger partial charge in [-0.3, -0.25) is 4.79 Å². The number of thiazole rings is 1. The fraction of sp³-hybridized carbons (Fsp3) is 0.667. The minimum absolute atomic E-state index is 0.236. The third-order valence-corrected chi connectivity index (χ3v) is 3.97. The highest BCUT2D eigenvalue weighted by atomic mass is 32.1. The fourth-order valence-electron chi connectivity index (χ4n) is 2.13. The number of aromatic nitrogens is 1. The average Bonchev–Trinajstić information content (AvgIpc) is 2.99. The summed E-state index contributed by atoms with van der Waals surface area (Å²) in [5.74, 6) is -0.257. The van der Waals surface area contributed by atoms with E-state index in [0.717, 1.165) is 30.1 Å². The second kappa shape index (κ2) is 6.15. The predicted molar refractivity (Wildman–Crippen MR) is 69.9 cm³/mol. The van der Waals surface area contributed by atoms with Crippen molar-refractivity contribution in [1.82, 2.24) is 4.98 Å². The van der Waals surface area contributed by atoms with E-state index in [-0.39, 0.29) is 12.4 Å². The molecule has 1 heterocycles. The molecule has 0 saturated heterocycles. The van der Waals surface area contributed by atoms with Crippen molar-refractivity contribution in [2.24, 2.45) is 0 Å². The highest BCUT2D eigenvalue weighted by Gasteiger charge is 2.24. The largest absolute Gasteiger partial charge is 0.469 e. The van der Waals surface area contributed by atoms with Crippen molar-refractivity contribution in [3.05, 3.63) is 11.1 Å². The highest BCUT2D eigenvalue weighted by Crippen LogP contribution is 2.26. The number of ether oxygens (including phenoxy) is 2. The van der Waals surface area contributed by atoms with Crippen molar-refractivity contribution in [2.45, 2.75) is 37.8 Å². The monoisotopic (exact) mass is 270 g/mol. The molecule has 2 rings (SSSR count). The van der Waals surface area contributed by atoms with Crippen LogP contribution in [-0.4, -0.2) is 37.3 Å². The van der Waals surface area contributed by atoms with Crippen LogP contribution in [0.25, 0.3) is 0 Å². The highest BCUT2D eigenvalue weighted by molar-refractivity contribution is 7.13. The number of carbonyl (C=O) groups is 1. The molecule has 1 saturated carbocycles. The first kappa shape index (κ1) is 13.3. The van der Waals surface area contributed by atoms with Crippen LogP contribution in [0.15, 0.2) is 5.38 Å². The summed E-state index contributed by atoms with van der Waals surface area (Å²) < 4.78 is 9.95. The second-order valence-corrected chi connectivity index (χ2v) is 5.27. The number of anilines is 1. The maximum absolute atomic E-state index is 11.1. The molecule has 0 aromatic carbocycles. The molecule has 100 valence electrons. The fourth-order valence-corrected chi connectivity index (χ4v) is 2.92. The van der Waals surface area contributed by atoms with Crippen LogP contribution in [0, 0.1) is 0 Å². The summed E-state index contributed by atoms with van der Waals surface area (Å²) in [6, 6.07) is 0.423. The molecule has 1 fully saturated rings. The summed E-state index contributed by atoms with van der Waals surface area (Å²) >= 11 is 1.53. The third-order valence-electron chi connectivity index (χ3n) is 3.15. The first-order valence-electron chi connectivity index (χ1n) is 6.01. The van der Waals surface area contributed by atoms with Crippen LogP contribution < -0.4 is 5.32 Å². The minimum Gasteiger partial charge on any atom is -0.469 e. The number of esters is 1. The summed E-state index contributed by atoms with van der Waals surface area (Å²) in [5.41, 5.74) is 0.760. The molecule has 1 aliphatic carbocycles. The molecular weight excluding hydrogens is 252 g/mol. The van der Waals surface area contributed by atoms with E-state index >= 15 is 0 Å². The maximum Gasteiger partial charge on any atom is 0.311 e. The molecule has 1 aromatic heterocycles. The van der Waals surface area contributed by atoms with Crippen molar-refractivity contribution >= 4 is 22.4 Å². The Morgan fingerprint density at radius 1 is 1.56 bits per heavy atom. The SMILES string of the molecule is COC(=O)Cc1csc(NC2CCC(OC)C2)n1. The van der Waals surface area contributed by atoms with E-state index in [0.29, 0.717) is 12.1 Å². The van der Waals surface area contributed by atoms with Crippen LogP contribution in [0.2, 0.25) is 0 Å². The van der Waals surface area contributed by atoms with Crippen molar-refractivity contribution in [1.29, 1.82) is 0 Å². The predicted octanol–water partition coefficient (Wildman–Crippen LogP) is 1.84. The van der Waals surface area contributed by atoms with Crippen LogP contribution in [0.3, 0.4) is 0 Å². The molecule has 2 atom stereocenters. The summed E-state index contributed by atoms with van der Waals surface area (Å²) in [6.45, 7) is 0. The lowest BCUT2D eigenvalue weighted by Crippen LogP contribution is -2.17. The zero-order valence-corrected chi connectivity index (χ0v) is 11.5. The molecule has 0 aliphatic heterocycles. The van der Waals surface area contributed by atoms with Gasteiger partial charge in [0.25, 0.3) is 0 Å². The zero-order chi connectivity index (χ0) is 13.0. The zero-order valence-electron chi connectivity index (χ0n) is 10.6. The van der Waals surface area contributed by atoms with E-state index in [1.165, 1.54) is 18.4 Å². The molecular formula is C12H18N2O3S. The molecule has 1 N–H and O–H groups in total. The van der Waals surface area contributed by atoms with Gasteiger partial charge in [-0.05, 0) is 19.3 Å². The van der Waals surface area contributed by atoms with Gasteiger partial charge in [-0.2, -0.15) is 0 Å². The molecule has 0 spiro atoms. The van der Waals surface area contributed by atoms with Crippen molar-refractivity contribution in [3.63, 3.8) is 0 Å². The number of nitrogens with one attached hydrogen (secondary N) is 1. The molecule has 1 aliphatic rings. The number of hydrogen-bond acceptors (Lipinski definition) is 6. The standard InChI is InChI=1S/C12H18N2O3S/c1-16-10-4-3-8(5-10)13-12-14-9(7-18-12)6-11(15)17-2/h7-8,10H,3-6H2,1-2H3,(H,13,14). The molecule has 0 bridgehead atoms. The Morgan fingerprint density at radius 2 is 2.39 bits per heavy atom. The van der Waals surface area contributed by atoms with E-state index in [1.54, 1.807) is 7.11 Å². The van der Waals surface area contributed by atoms with E-state index < -0.39 is 0 Å². The Labute approximate surface area is 111 Å². The summed E-state index contributed by atoms with van der Waals surface area (Å²) in [6.07, 6.45) is 3.80. The van der Waals surface area contributed by atoms with E-state index in [1.807, 2.05) is 5.38 Å². The van der Waals surface area contributed by atoms with Gasteiger partial charge in [0.1, 0.15) is 0 Å². The van der Waals surface area contributed by atoms with Gasteiger partial charge in [0, 0.05) is 18.5 Å². The first-order valence-corrected chi connectivity index (χ1v) is 6.89.